The number of rotatable bonds is 8. The molecule has 0 aliphatic rings. The van der Waals surface area contributed by atoms with Gasteiger partial charge >= 0.3 is 5.97 Å². The number of anilines is 1. The van der Waals surface area contributed by atoms with Crippen LogP contribution in [-0.4, -0.2) is 42.0 Å². The van der Waals surface area contributed by atoms with Gasteiger partial charge in [-0.2, -0.15) is 11.8 Å². The van der Waals surface area contributed by atoms with Crippen LogP contribution in [-0.2, 0) is 9.53 Å². The summed E-state index contributed by atoms with van der Waals surface area (Å²) in [7, 11) is 1.32. The van der Waals surface area contributed by atoms with Crippen molar-refractivity contribution in [1.82, 2.24) is 10.3 Å². The van der Waals surface area contributed by atoms with Crippen LogP contribution in [0.4, 0.5) is 5.82 Å². The zero-order valence-corrected chi connectivity index (χ0v) is 18.3. The molecule has 1 amide bonds. The van der Waals surface area contributed by atoms with Crippen molar-refractivity contribution in [2.45, 2.75) is 12.5 Å². The summed E-state index contributed by atoms with van der Waals surface area (Å²) in [4.78, 5) is 29.5. The fraction of sp³-hybridized carbons (Fsp3) is 0.208. The second kappa shape index (κ2) is 10.6. The topological polar surface area (TPSA) is 94.3 Å². The van der Waals surface area contributed by atoms with Crippen molar-refractivity contribution in [3.8, 4) is 22.3 Å². The fourth-order valence-electron chi connectivity index (χ4n) is 3.29. The van der Waals surface area contributed by atoms with Gasteiger partial charge in [0, 0.05) is 17.3 Å². The molecule has 0 saturated heterocycles. The number of carbonyl (C=O) groups is 2. The predicted octanol–water partition coefficient (Wildman–Crippen LogP) is 4.02. The molecule has 0 radical (unpaired) electrons. The zero-order chi connectivity index (χ0) is 22.2. The molecular weight excluding hydrogens is 410 g/mol. The lowest BCUT2D eigenvalue weighted by Gasteiger charge is -2.18. The molecule has 0 aliphatic carbocycles. The number of esters is 1. The van der Waals surface area contributed by atoms with E-state index in [-0.39, 0.29) is 5.91 Å². The Morgan fingerprint density at radius 1 is 1.06 bits per heavy atom. The minimum Gasteiger partial charge on any atom is -0.467 e. The smallest absolute Gasteiger partial charge is 0.328 e. The molecule has 1 atom stereocenters. The number of nitrogen functional groups attached to an aromatic ring is 1. The first kappa shape index (κ1) is 22.4. The molecule has 3 aromatic rings. The molecule has 7 heteroatoms. The zero-order valence-electron chi connectivity index (χ0n) is 17.5. The third kappa shape index (κ3) is 5.44. The van der Waals surface area contributed by atoms with Crippen LogP contribution in [0.5, 0.6) is 0 Å². The van der Waals surface area contributed by atoms with Crippen LogP contribution < -0.4 is 11.1 Å². The van der Waals surface area contributed by atoms with Gasteiger partial charge in [0.2, 0.25) is 0 Å². The molecule has 0 bridgehead atoms. The lowest BCUT2D eigenvalue weighted by molar-refractivity contribution is -0.142. The summed E-state index contributed by atoms with van der Waals surface area (Å²) in [6, 6.07) is 18.1. The lowest BCUT2D eigenvalue weighted by atomic mass is 9.94. The Labute approximate surface area is 186 Å². The van der Waals surface area contributed by atoms with E-state index in [4.69, 9.17) is 10.5 Å². The SMILES string of the molecule is COC(=O)[C@H](CCSC)NC(=O)c1ccc(-c2cccnc2N)cc1-c1ccccc1. The standard InChI is InChI=1S/C24H25N3O3S/c1-30-24(29)21(12-14-31-2)27-23(28)19-11-10-17(18-9-6-13-26-22(18)25)15-20(19)16-7-4-3-5-8-16/h3-11,13,15,21H,12,14H2,1-2H3,(H2,25,26)(H,27,28)/t21-/m0/s1. The van der Waals surface area contributed by atoms with Crippen molar-refractivity contribution in [2.75, 3.05) is 24.9 Å². The summed E-state index contributed by atoms with van der Waals surface area (Å²) in [5, 5.41) is 2.84. The van der Waals surface area contributed by atoms with E-state index < -0.39 is 12.0 Å². The third-order valence-corrected chi connectivity index (χ3v) is 5.54. The maximum Gasteiger partial charge on any atom is 0.328 e. The number of nitrogens with zero attached hydrogens (tertiary/aromatic N) is 1. The summed E-state index contributed by atoms with van der Waals surface area (Å²) in [5.74, 6) is 0.358. The maximum atomic E-state index is 13.2. The highest BCUT2D eigenvalue weighted by molar-refractivity contribution is 7.98. The molecule has 3 rings (SSSR count). The van der Waals surface area contributed by atoms with Gasteiger partial charge in [0.25, 0.3) is 5.91 Å². The monoisotopic (exact) mass is 435 g/mol. The summed E-state index contributed by atoms with van der Waals surface area (Å²) >= 11 is 1.60. The van der Waals surface area contributed by atoms with Crippen LogP contribution in [0.25, 0.3) is 22.3 Å². The Bertz CT molecular complexity index is 1060. The highest BCUT2D eigenvalue weighted by Gasteiger charge is 2.23. The quantitative estimate of drug-likeness (QED) is 0.519. The number of ether oxygens (including phenoxy) is 1. The van der Waals surface area contributed by atoms with Gasteiger partial charge in [0.1, 0.15) is 11.9 Å². The average Bonchev–Trinajstić information content (AvgIpc) is 2.81. The molecule has 0 unspecified atom stereocenters. The normalized spacial score (nSPS) is 11.5. The van der Waals surface area contributed by atoms with Gasteiger partial charge in [0.15, 0.2) is 0 Å². The summed E-state index contributed by atoms with van der Waals surface area (Å²) < 4.78 is 4.87. The minimum atomic E-state index is -0.706. The maximum absolute atomic E-state index is 13.2. The van der Waals surface area contributed by atoms with E-state index in [1.54, 1.807) is 24.0 Å². The Morgan fingerprint density at radius 3 is 2.52 bits per heavy atom. The molecule has 0 spiro atoms. The number of amides is 1. The number of pyridine rings is 1. The molecule has 31 heavy (non-hydrogen) atoms. The van der Waals surface area contributed by atoms with Crippen LogP contribution in [0.2, 0.25) is 0 Å². The molecule has 3 N–H and O–H groups in total. The Morgan fingerprint density at radius 2 is 1.84 bits per heavy atom. The average molecular weight is 436 g/mol. The molecule has 6 nitrogen and oxygen atoms in total. The lowest BCUT2D eigenvalue weighted by Crippen LogP contribution is -2.42. The first-order chi connectivity index (χ1) is 15.0. The summed E-state index contributed by atoms with van der Waals surface area (Å²) in [5.41, 5.74) is 9.80. The van der Waals surface area contributed by atoms with Crippen molar-refractivity contribution in [1.29, 1.82) is 0 Å². The molecule has 1 aromatic heterocycles. The van der Waals surface area contributed by atoms with Crippen molar-refractivity contribution in [2.24, 2.45) is 0 Å². The van der Waals surface area contributed by atoms with E-state index >= 15 is 0 Å². The van der Waals surface area contributed by atoms with Crippen LogP contribution in [0.15, 0.2) is 66.9 Å². The minimum absolute atomic E-state index is 0.332. The first-order valence-corrected chi connectivity index (χ1v) is 11.2. The van der Waals surface area contributed by atoms with Crippen LogP contribution in [0, 0.1) is 0 Å². The highest BCUT2D eigenvalue weighted by Crippen LogP contribution is 2.31. The number of nitrogens with two attached hydrogens (primary N) is 1. The van der Waals surface area contributed by atoms with E-state index in [0.29, 0.717) is 17.8 Å². The second-order valence-electron chi connectivity index (χ2n) is 6.89. The van der Waals surface area contributed by atoms with Gasteiger partial charge in [-0.3, -0.25) is 4.79 Å². The van der Waals surface area contributed by atoms with Crippen molar-refractivity contribution in [3.05, 3.63) is 72.4 Å². The van der Waals surface area contributed by atoms with Crippen LogP contribution in [0.3, 0.4) is 0 Å². The van der Waals surface area contributed by atoms with Gasteiger partial charge in [-0.1, -0.05) is 36.4 Å². The summed E-state index contributed by atoms with van der Waals surface area (Å²) in [6.07, 6.45) is 4.08. The van der Waals surface area contributed by atoms with Gasteiger partial charge in [0.05, 0.1) is 7.11 Å². The van der Waals surface area contributed by atoms with E-state index in [0.717, 1.165) is 28.0 Å². The number of aromatic nitrogens is 1. The van der Waals surface area contributed by atoms with E-state index in [1.807, 2.05) is 60.9 Å². The fourth-order valence-corrected chi connectivity index (χ4v) is 3.76. The molecule has 2 aromatic carbocycles. The number of nitrogens with one attached hydrogen (secondary N) is 1. The number of carbonyl (C=O) groups excluding carboxylic acids is 2. The van der Waals surface area contributed by atoms with Crippen LogP contribution in [0.1, 0.15) is 16.8 Å². The number of hydrogen-bond acceptors (Lipinski definition) is 6. The molecule has 1 heterocycles. The number of hydrogen-bond donors (Lipinski definition) is 2. The van der Waals surface area contributed by atoms with Gasteiger partial charge in [-0.25, -0.2) is 9.78 Å². The molecule has 0 fully saturated rings. The van der Waals surface area contributed by atoms with Gasteiger partial charge in [-0.05, 0) is 59.4 Å². The van der Waals surface area contributed by atoms with E-state index in [9.17, 15) is 9.59 Å². The molecule has 0 saturated carbocycles. The van der Waals surface area contributed by atoms with Crippen molar-refractivity contribution < 1.29 is 14.3 Å². The predicted molar refractivity (Wildman–Crippen MR) is 126 cm³/mol. The molecular formula is C24H25N3O3S. The van der Waals surface area contributed by atoms with Crippen LogP contribution >= 0.6 is 11.8 Å². The van der Waals surface area contributed by atoms with Gasteiger partial charge in [-0.15, -0.1) is 0 Å². The van der Waals surface area contributed by atoms with Crippen molar-refractivity contribution >= 4 is 29.5 Å². The number of methoxy groups -OCH3 is 1. The van der Waals surface area contributed by atoms with Crippen molar-refractivity contribution in [3.63, 3.8) is 0 Å². The highest BCUT2D eigenvalue weighted by atomic mass is 32.2. The van der Waals surface area contributed by atoms with E-state index in [1.165, 1.54) is 7.11 Å². The Kier molecular flexibility index (Phi) is 7.67. The molecule has 0 aliphatic heterocycles. The Hall–Kier alpha value is -3.32. The number of thioether (sulfide) groups is 1. The Balaban J connectivity index is 2.02. The number of benzene rings is 2. The second-order valence-corrected chi connectivity index (χ2v) is 7.88. The van der Waals surface area contributed by atoms with E-state index in [2.05, 4.69) is 10.3 Å². The first-order valence-electron chi connectivity index (χ1n) is 9.83. The van der Waals surface area contributed by atoms with Gasteiger partial charge < -0.3 is 15.8 Å². The third-order valence-electron chi connectivity index (χ3n) is 4.90. The largest absolute Gasteiger partial charge is 0.467 e. The molecule has 160 valence electrons. The summed E-state index contributed by atoms with van der Waals surface area (Å²) in [6.45, 7) is 0.